The van der Waals surface area contributed by atoms with Crippen molar-refractivity contribution in [1.29, 1.82) is 5.26 Å². The number of nitrogens with zero attached hydrogens (tertiary/aromatic N) is 1. The second-order valence-electron chi connectivity index (χ2n) is 21.0. The first-order chi connectivity index (χ1) is 44.2. The number of carboxylic acid groups (broad SMARTS) is 2. The van der Waals surface area contributed by atoms with Gasteiger partial charge in [-0.2, -0.15) is 25.3 Å². The fourth-order valence-electron chi connectivity index (χ4n) is 10.1. The summed E-state index contributed by atoms with van der Waals surface area (Å²) in [6.45, 7) is 4.27. The molecule has 97 heavy (non-hydrogen) atoms. The molecule has 559 valence electrons. The molecule has 10 N–H and O–H groups in total. The molecule has 6 aliphatic rings. The van der Waals surface area contributed by atoms with E-state index in [1.54, 1.807) is 0 Å². The van der Waals surface area contributed by atoms with Gasteiger partial charge >= 0.3 is 29.6 Å². The number of unbranched alkanes of at least 4 members (excludes halogenated alkanes) is 1. The average molecular weight is 1540 g/mol. The molecule has 0 bridgehead atoms. The van der Waals surface area contributed by atoms with Crippen LogP contribution < -0.4 is 45.5 Å². The number of carboxylic acids is 2. The van der Waals surface area contributed by atoms with Crippen LogP contribution in [0.2, 0.25) is 0 Å². The third-order valence-electron chi connectivity index (χ3n) is 14.7. The number of carbonyl (C=O) groups excluding carboxylic acids is 3. The molecule has 0 aliphatic carbocycles. The van der Waals surface area contributed by atoms with Crippen molar-refractivity contribution >= 4 is 93.5 Å². The first-order valence-corrected chi connectivity index (χ1v) is 34.2. The van der Waals surface area contributed by atoms with Crippen molar-refractivity contribution in [3.63, 3.8) is 0 Å². The largest absolute Gasteiger partial charge is 1.00 e. The predicted octanol–water partition coefficient (Wildman–Crippen LogP) is -15.6. The number of aliphatic hydroxyl groups excluding tert-OH is 8. The summed E-state index contributed by atoms with van der Waals surface area (Å²) < 4.78 is 213. The minimum atomic E-state index is -5.27. The minimum Gasteiger partial charge on any atom is -0.726 e. The van der Waals surface area contributed by atoms with Gasteiger partial charge in [0, 0.05) is 46.8 Å². The van der Waals surface area contributed by atoms with Gasteiger partial charge in [0.1, 0.15) is 116 Å². The predicted molar refractivity (Wildman–Crippen MR) is 299 cm³/mol. The summed E-state index contributed by atoms with van der Waals surface area (Å²) in [6.07, 6.45) is -43.8. The van der Waals surface area contributed by atoms with Crippen molar-refractivity contribution in [3.05, 3.63) is 6.57 Å². The van der Waals surface area contributed by atoms with E-state index >= 15 is 0 Å². The van der Waals surface area contributed by atoms with Crippen LogP contribution in [0.15, 0.2) is 0 Å². The Labute approximate surface area is 591 Å². The number of aliphatic carboxylic acids is 2. The number of aldehydes is 1. The summed E-state index contributed by atoms with van der Waals surface area (Å²) >= 11 is 7.89. The van der Waals surface area contributed by atoms with E-state index in [4.69, 9.17) is 74.4 Å². The normalized spacial score (nSPS) is 38.4. The first-order valence-electron chi connectivity index (χ1n) is 27.6. The Morgan fingerprint density at radius 3 is 1.10 bits per heavy atom. The second-order valence-corrected chi connectivity index (χ2v) is 26.1. The zero-order valence-electron chi connectivity index (χ0n) is 51.5. The molecule has 10 unspecified atom stereocenters. The molecular weight excluding hydrogens is 1460 g/mol. The van der Waals surface area contributed by atoms with E-state index in [1.165, 1.54) is 13.8 Å². The molecule has 3 radical (unpaired) electrons. The molecular formula is C46H73BN2NaO41S6-6. The van der Waals surface area contributed by atoms with Crippen LogP contribution in [0.25, 0.3) is 0 Å². The van der Waals surface area contributed by atoms with Gasteiger partial charge in [-0.3, -0.25) is 16.7 Å². The topological polar surface area (TPSA) is 685 Å². The monoisotopic (exact) mass is 1540 g/mol. The number of ether oxygens (including phenoxy) is 12. The van der Waals surface area contributed by atoms with Crippen LogP contribution in [0.4, 0.5) is 0 Å². The molecule has 0 aromatic heterocycles. The smallest absolute Gasteiger partial charge is 0.726 e. The van der Waals surface area contributed by atoms with Crippen molar-refractivity contribution < 1.29 is 220 Å². The molecule has 0 amide bonds. The van der Waals surface area contributed by atoms with Crippen molar-refractivity contribution in [2.45, 2.75) is 193 Å². The van der Waals surface area contributed by atoms with Gasteiger partial charge in [-0.1, -0.05) is 13.8 Å². The molecule has 6 heterocycles. The fraction of sp³-hybridized carbons (Fsp3) is 0.913. The van der Waals surface area contributed by atoms with Gasteiger partial charge in [-0.25, -0.2) is 33.7 Å². The van der Waals surface area contributed by atoms with Crippen LogP contribution in [0.1, 0.15) is 33.1 Å². The quantitative estimate of drug-likeness (QED) is 0.00605. The molecule has 0 saturated carbocycles. The third-order valence-corrected chi connectivity index (χ3v) is 17.0. The summed E-state index contributed by atoms with van der Waals surface area (Å²) in [5, 5.41) is 116. The molecule has 0 spiro atoms. The summed E-state index contributed by atoms with van der Waals surface area (Å²) in [5.74, 6) is -4.83. The maximum Gasteiger partial charge on any atom is 1.00 e. The number of hydrogen-bond acceptors (Lipinski definition) is 45. The zero-order chi connectivity index (χ0) is 72.4. The van der Waals surface area contributed by atoms with Crippen LogP contribution in [0.3, 0.4) is 0 Å². The Kier molecular flexibility index (Phi) is 40.9. The standard InChI is InChI=1S/C23H40O20S3.C20H32O21S2.C2H7NS.CN.B.Na/c1-9-13(24)17(36-2)11(7-37-45(30,31)32)40-22(9)42-19-15(26)16(27)23(43-20(19)21(28)29)41-18-12(8-38-46(33,34)35)39-10(14(18)25)5-3-4-6-44;1-6-10(22)14(34-2)8(4-35-42(28,29)30)38-19(6)40-16-12(24)13(25)20(41-17(16)18(26)27)39-15-9(5-36-43(31,32)33)37-7(3-21)11(15)23;3-1-2-4;1-2;;/h9-20,22-27,44H,3-8H2,1-2H3,(H,28,29)(H,30,31,32)(H,33,34,35);3,6-17,19-20,22-25H,4-5H2,1-2H3,(H,26,27)(H,28,29,30)(H,31,32,33);4H,1-3H2;;;/q;;;-1;;+1/p-6/t9?,10-,11?,12+,13+,14+,15+,16?,17+,18?,19-,20?,22+,23+;6?,7-,8?,9+,10+,11-,12+,13?,14+,15?,16-,17?,19-,20+;;;;/m00..../s1. The number of rotatable bonds is 30. The van der Waals surface area contributed by atoms with Gasteiger partial charge in [0.15, 0.2) is 31.4 Å². The summed E-state index contributed by atoms with van der Waals surface area (Å²) in [4.78, 5) is 35.3. The van der Waals surface area contributed by atoms with Gasteiger partial charge in [0.2, 0.25) is 41.6 Å². The van der Waals surface area contributed by atoms with Crippen molar-refractivity contribution in [2.75, 3.05) is 58.7 Å². The van der Waals surface area contributed by atoms with Gasteiger partial charge < -0.3 is 158 Å². The maximum absolute atomic E-state index is 12.1. The van der Waals surface area contributed by atoms with Crippen LogP contribution in [-0.2, 0) is 130 Å². The number of aliphatic hydroxyl groups is 8. The fourth-order valence-corrected chi connectivity index (χ4v) is 11.5. The molecule has 51 heteroatoms. The van der Waals surface area contributed by atoms with Crippen LogP contribution >= 0.6 is 25.3 Å². The van der Waals surface area contributed by atoms with Crippen molar-refractivity contribution in [2.24, 2.45) is 17.6 Å². The van der Waals surface area contributed by atoms with E-state index in [9.17, 15) is 117 Å². The first kappa shape index (κ1) is 93.5. The summed E-state index contributed by atoms with van der Waals surface area (Å²) in [6, 6.07) is 0. The zero-order valence-corrected chi connectivity index (χ0v) is 58.5. The molecule has 6 rings (SSSR count). The molecule has 0 aromatic carbocycles. The third kappa shape index (κ3) is 27.8. The van der Waals surface area contributed by atoms with Crippen molar-refractivity contribution in [1.82, 2.24) is 0 Å². The number of carbonyl (C=O) groups is 3. The van der Waals surface area contributed by atoms with Gasteiger partial charge in [-0.05, 0) is 25.0 Å². The van der Waals surface area contributed by atoms with Crippen LogP contribution in [-0.4, -0.2) is 338 Å². The van der Waals surface area contributed by atoms with Gasteiger partial charge in [0.25, 0.3) is 0 Å². The Morgan fingerprint density at radius 1 is 0.485 bits per heavy atom. The molecule has 43 nitrogen and oxygen atoms in total. The summed E-state index contributed by atoms with van der Waals surface area (Å²) in [5.41, 5.74) is 4.95. The Balaban J connectivity index is 0.000000881. The van der Waals surface area contributed by atoms with E-state index in [1.807, 2.05) is 0 Å². The van der Waals surface area contributed by atoms with E-state index in [0.29, 0.717) is 25.1 Å². The van der Waals surface area contributed by atoms with E-state index in [2.05, 4.69) is 42.0 Å². The van der Waals surface area contributed by atoms with E-state index < -0.39 is 251 Å². The average Bonchev–Trinajstić information content (AvgIpc) is 1.44. The molecule has 6 saturated heterocycles. The molecule has 6 fully saturated rings. The minimum absolute atomic E-state index is 0. The molecule has 0 aromatic rings. The maximum atomic E-state index is 12.1. The second kappa shape index (κ2) is 42.5. The van der Waals surface area contributed by atoms with Gasteiger partial charge in [0.05, 0.1) is 56.7 Å². The van der Waals surface area contributed by atoms with E-state index in [-0.39, 0.29) is 50.7 Å². The number of hydrogen-bond donors (Lipinski definition) is 11. The van der Waals surface area contributed by atoms with Crippen LogP contribution in [0.5, 0.6) is 0 Å². The SMILES string of the molecule is CO[C@@H]1C(COS(=O)(=O)[O-])O[C@@H](O[C@@H]2C(C(=O)[O-])O[C@@H](OC3[C@@H](O)[C@H](C=O)O[C@@H]3COS(=O)(=O)[O-])C(O)[C@H]2O)C(C)[C@H]1O.CO[C@@H]1C(COS(=O)(=O)[O-])O[C@H](O[C@@H]2C(C(=O)[O-])O[C@@H](OC3[C@@H](COS(=O)(=O)[O-])O[C@@H](CCCCS)[C@H]3O)C(O)[C@H]2O)C(C)[C@H]1O.NCCS.[B].[C-]#N.[Na+]. The van der Waals surface area contributed by atoms with Gasteiger partial charge in [-0.15, -0.1) is 0 Å². The van der Waals surface area contributed by atoms with Crippen molar-refractivity contribution in [3.8, 4) is 0 Å². The summed E-state index contributed by atoms with van der Waals surface area (Å²) in [7, 11) is -18.6. The van der Waals surface area contributed by atoms with Crippen LogP contribution in [0, 0.1) is 23.7 Å². The Morgan fingerprint density at radius 2 is 0.804 bits per heavy atom. The molecule has 6 aliphatic heterocycles. The van der Waals surface area contributed by atoms with E-state index in [0.717, 1.165) is 20.0 Å². The molecule has 28 atom stereocenters. The Bertz CT molecular complexity index is 2870. The number of methoxy groups -OCH3 is 2. The number of thiol groups is 2. The Hall–Kier alpha value is -1.50. The number of nitrogens with two attached hydrogens (primary N) is 1.